The first kappa shape index (κ1) is 13.9. The van der Waals surface area contributed by atoms with E-state index >= 15 is 0 Å². The minimum absolute atomic E-state index is 0.554. The van der Waals surface area contributed by atoms with Gasteiger partial charge in [-0.05, 0) is 24.9 Å². The fourth-order valence-corrected chi connectivity index (χ4v) is 3.45. The Kier molecular flexibility index (Phi) is 3.80. The Bertz CT molecular complexity index is 860. The standard InChI is InChI=1S/C14H7ClN4S2/c1-17-14-19-12(7-21-14)11-6-20-13(18-11)9-4-8(5-16)2-3-10(9)15/h2-4,6-7H,1H2. The molecule has 0 spiro atoms. The van der Waals surface area contributed by atoms with E-state index in [9.17, 15) is 0 Å². The Labute approximate surface area is 134 Å². The smallest absolute Gasteiger partial charge is 0.209 e. The Morgan fingerprint density at radius 2 is 1.95 bits per heavy atom. The zero-order valence-corrected chi connectivity index (χ0v) is 13.0. The summed E-state index contributed by atoms with van der Waals surface area (Å²) in [5.74, 6) is 0. The van der Waals surface area contributed by atoms with Gasteiger partial charge in [-0.1, -0.05) is 11.6 Å². The van der Waals surface area contributed by atoms with Gasteiger partial charge in [0.05, 0.1) is 16.7 Å². The number of hydrogen-bond donors (Lipinski definition) is 0. The van der Waals surface area contributed by atoms with Crippen LogP contribution in [0.2, 0.25) is 5.02 Å². The molecule has 102 valence electrons. The molecular formula is C14H7ClN4S2. The Morgan fingerprint density at radius 3 is 2.67 bits per heavy atom. The molecule has 3 rings (SSSR count). The summed E-state index contributed by atoms with van der Waals surface area (Å²) in [6.45, 7) is 3.45. The Hall–Kier alpha value is -2.07. The average Bonchev–Trinajstić information content (AvgIpc) is 3.16. The molecule has 2 aromatic heterocycles. The molecule has 7 heteroatoms. The van der Waals surface area contributed by atoms with Crippen LogP contribution >= 0.6 is 34.3 Å². The number of aromatic nitrogens is 2. The quantitative estimate of drug-likeness (QED) is 0.648. The summed E-state index contributed by atoms with van der Waals surface area (Å²) < 4.78 is 0. The predicted molar refractivity (Wildman–Crippen MR) is 87.6 cm³/mol. The zero-order valence-electron chi connectivity index (χ0n) is 10.6. The maximum atomic E-state index is 8.98. The van der Waals surface area contributed by atoms with Crippen LogP contribution in [0.3, 0.4) is 0 Å². The minimum atomic E-state index is 0.554. The molecule has 0 atom stereocenters. The van der Waals surface area contributed by atoms with E-state index in [2.05, 4.69) is 27.7 Å². The number of rotatable bonds is 3. The Balaban J connectivity index is 2.02. The molecular weight excluding hydrogens is 324 g/mol. The first-order valence-corrected chi connectivity index (χ1v) is 7.93. The van der Waals surface area contributed by atoms with E-state index in [0.717, 1.165) is 22.0 Å². The van der Waals surface area contributed by atoms with Crippen LogP contribution in [0.25, 0.3) is 22.0 Å². The van der Waals surface area contributed by atoms with E-state index in [0.29, 0.717) is 15.7 Å². The van der Waals surface area contributed by atoms with Gasteiger partial charge in [0, 0.05) is 16.3 Å². The third-order valence-corrected chi connectivity index (χ3v) is 4.70. The van der Waals surface area contributed by atoms with Crippen molar-refractivity contribution in [2.24, 2.45) is 4.99 Å². The molecule has 0 saturated carbocycles. The van der Waals surface area contributed by atoms with Crippen LogP contribution in [0.5, 0.6) is 0 Å². The monoisotopic (exact) mass is 330 g/mol. The lowest BCUT2D eigenvalue weighted by Crippen LogP contribution is -1.83. The first-order chi connectivity index (χ1) is 10.2. The lowest BCUT2D eigenvalue weighted by Gasteiger charge is -2.00. The van der Waals surface area contributed by atoms with E-state index in [1.54, 1.807) is 18.2 Å². The second kappa shape index (κ2) is 5.74. The molecule has 0 N–H and O–H groups in total. The topological polar surface area (TPSA) is 61.9 Å². The van der Waals surface area contributed by atoms with E-state index in [1.807, 2.05) is 10.8 Å². The fraction of sp³-hybridized carbons (Fsp3) is 0. The molecule has 0 bridgehead atoms. The van der Waals surface area contributed by atoms with Gasteiger partial charge in [0.2, 0.25) is 5.13 Å². The van der Waals surface area contributed by atoms with Gasteiger partial charge in [0.25, 0.3) is 0 Å². The molecule has 21 heavy (non-hydrogen) atoms. The number of hydrogen-bond acceptors (Lipinski definition) is 6. The van der Waals surface area contributed by atoms with Gasteiger partial charge in [0.15, 0.2) is 0 Å². The van der Waals surface area contributed by atoms with Gasteiger partial charge in [-0.15, -0.1) is 22.7 Å². The summed E-state index contributed by atoms with van der Waals surface area (Å²) in [6.07, 6.45) is 0. The molecule has 2 heterocycles. The number of nitrogens with zero attached hydrogens (tertiary/aromatic N) is 4. The van der Waals surface area contributed by atoms with E-state index in [4.69, 9.17) is 16.9 Å². The third kappa shape index (κ3) is 2.72. The highest BCUT2D eigenvalue weighted by atomic mass is 35.5. The average molecular weight is 331 g/mol. The van der Waals surface area contributed by atoms with Gasteiger partial charge in [-0.25, -0.2) is 15.0 Å². The van der Waals surface area contributed by atoms with Gasteiger partial charge >= 0.3 is 0 Å². The summed E-state index contributed by atoms with van der Waals surface area (Å²) in [4.78, 5) is 12.6. The molecule has 3 aromatic rings. The number of benzene rings is 1. The van der Waals surface area contributed by atoms with Crippen molar-refractivity contribution >= 4 is 46.1 Å². The van der Waals surface area contributed by atoms with Crippen LogP contribution in [0, 0.1) is 11.3 Å². The summed E-state index contributed by atoms with van der Waals surface area (Å²) in [6, 6.07) is 7.23. The SMILES string of the molecule is C=Nc1nc(-c2csc(-c3cc(C#N)ccc3Cl)n2)cs1. The third-order valence-electron chi connectivity index (χ3n) is 2.72. The molecule has 0 radical (unpaired) electrons. The van der Waals surface area contributed by atoms with Crippen molar-refractivity contribution in [3.05, 3.63) is 39.5 Å². The summed E-state index contributed by atoms with van der Waals surface area (Å²) in [5.41, 5.74) is 2.83. The van der Waals surface area contributed by atoms with E-state index in [-0.39, 0.29) is 0 Å². The van der Waals surface area contributed by atoms with Crippen LogP contribution in [0.1, 0.15) is 5.56 Å². The second-order valence-electron chi connectivity index (χ2n) is 4.02. The van der Waals surface area contributed by atoms with E-state index < -0.39 is 0 Å². The van der Waals surface area contributed by atoms with Crippen LogP contribution in [-0.4, -0.2) is 16.7 Å². The van der Waals surface area contributed by atoms with Crippen LogP contribution in [0.4, 0.5) is 5.13 Å². The number of nitriles is 1. The van der Waals surface area contributed by atoms with Gasteiger partial charge in [0.1, 0.15) is 16.4 Å². The molecule has 0 fully saturated rings. The van der Waals surface area contributed by atoms with Gasteiger partial charge in [-0.2, -0.15) is 5.26 Å². The van der Waals surface area contributed by atoms with E-state index in [1.165, 1.54) is 22.7 Å². The van der Waals surface area contributed by atoms with Crippen LogP contribution < -0.4 is 0 Å². The van der Waals surface area contributed by atoms with Crippen molar-refractivity contribution in [2.45, 2.75) is 0 Å². The summed E-state index contributed by atoms with van der Waals surface area (Å²) in [5, 5.41) is 14.7. The van der Waals surface area contributed by atoms with Gasteiger partial charge in [-0.3, -0.25) is 0 Å². The van der Waals surface area contributed by atoms with Crippen molar-refractivity contribution in [1.82, 2.24) is 9.97 Å². The highest BCUT2D eigenvalue weighted by Crippen LogP contribution is 2.34. The highest BCUT2D eigenvalue weighted by Gasteiger charge is 2.12. The predicted octanol–water partition coefficient (Wildman–Crippen LogP) is 4.79. The lowest BCUT2D eigenvalue weighted by atomic mass is 10.1. The second-order valence-corrected chi connectivity index (χ2v) is 6.12. The summed E-state index contributed by atoms with van der Waals surface area (Å²) in [7, 11) is 0. The highest BCUT2D eigenvalue weighted by molar-refractivity contribution is 7.14. The normalized spacial score (nSPS) is 10.3. The maximum Gasteiger partial charge on any atom is 0.209 e. The molecule has 4 nitrogen and oxygen atoms in total. The van der Waals surface area contributed by atoms with Gasteiger partial charge < -0.3 is 0 Å². The number of halogens is 1. The largest absolute Gasteiger partial charge is 0.236 e. The Morgan fingerprint density at radius 1 is 1.19 bits per heavy atom. The van der Waals surface area contributed by atoms with Crippen molar-refractivity contribution in [1.29, 1.82) is 5.26 Å². The number of aliphatic imine (C=N–C) groups is 1. The van der Waals surface area contributed by atoms with Crippen molar-refractivity contribution in [3.63, 3.8) is 0 Å². The summed E-state index contributed by atoms with van der Waals surface area (Å²) >= 11 is 9.06. The minimum Gasteiger partial charge on any atom is -0.236 e. The molecule has 0 unspecified atom stereocenters. The molecule has 0 aliphatic rings. The molecule has 0 aliphatic heterocycles. The first-order valence-electron chi connectivity index (χ1n) is 5.79. The fourth-order valence-electron chi connectivity index (χ4n) is 1.73. The number of thiazole rings is 2. The maximum absolute atomic E-state index is 8.98. The molecule has 0 aliphatic carbocycles. The lowest BCUT2D eigenvalue weighted by molar-refractivity contribution is 1.31. The molecule has 0 amide bonds. The van der Waals surface area contributed by atoms with Crippen molar-refractivity contribution in [2.75, 3.05) is 0 Å². The zero-order chi connectivity index (χ0) is 14.8. The molecule has 0 saturated heterocycles. The van der Waals surface area contributed by atoms with Crippen LogP contribution in [0.15, 0.2) is 34.0 Å². The van der Waals surface area contributed by atoms with Crippen molar-refractivity contribution in [3.8, 4) is 28.0 Å². The van der Waals surface area contributed by atoms with Crippen molar-refractivity contribution < 1.29 is 0 Å². The van der Waals surface area contributed by atoms with Crippen LogP contribution in [-0.2, 0) is 0 Å². The molecule has 1 aromatic carbocycles.